The number of nitrogens with zero attached hydrogens (tertiary/aromatic N) is 1. The van der Waals surface area contributed by atoms with E-state index in [4.69, 9.17) is 0 Å². The fourth-order valence-electron chi connectivity index (χ4n) is 3.47. The molecule has 2 saturated heterocycles. The maximum absolute atomic E-state index is 13.2. The Hall–Kier alpha value is -0.290. The lowest BCUT2D eigenvalue weighted by atomic mass is 9.88. The van der Waals surface area contributed by atoms with Gasteiger partial charge in [-0.25, -0.2) is 13.2 Å². The van der Waals surface area contributed by atoms with Crippen molar-refractivity contribution < 1.29 is 18.3 Å². The predicted molar refractivity (Wildman–Crippen MR) is 47.5 cm³/mol. The summed E-state index contributed by atoms with van der Waals surface area (Å²) in [6, 6.07) is 0. The van der Waals surface area contributed by atoms with E-state index in [9.17, 15) is 18.3 Å². The van der Waals surface area contributed by atoms with Gasteiger partial charge in [-0.05, 0) is 6.42 Å². The third-order valence-electron chi connectivity index (χ3n) is 4.36. The Morgan fingerprint density at radius 2 is 2.00 bits per heavy atom. The molecule has 2 heterocycles. The molecule has 0 amide bonds. The summed E-state index contributed by atoms with van der Waals surface area (Å²) < 4.78 is 39.6. The number of alkyl halides is 3. The van der Waals surface area contributed by atoms with Crippen LogP contribution in [0, 0.1) is 5.41 Å². The minimum atomic E-state index is -2.59. The molecule has 0 bridgehead atoms. The molecule has 1 spiro atoms. The Labute approximate surface area is 86.1 Å². The van der Waals surface area contributed by atoms with Crippen LogP contribution in [0.15, 0.2) is 0 Å². The number of halogens is 3. The van der Waals surface area contributed by atoms with Crippen LogP contribution >= 0.6 is 0 Å². The molecule has 15 heavy (non-hydrogen) atoms. The van der Waals surface area contributed by atoms with Crippen molar-refractivity contribution in [3.05, 3.63) is 0 Å². The van der Waals surface area contributed by atoms with Crippen LogP contribution in [0.3, 0.4) is 0 Å². The number of hydrogen-bond donors (Lipinski definition) is 1. The largest absolute Gasteiger partial charge is 0.394 e. The Balaban J connectivity index is 1.86. The molecule has 0 unspecified atom stereocenters. The summed E-state index contributed by atoms with van der Waals surface area (Å²) >= 11 is 0. The molecule has 2 nitrogen and oxygen atoms in total. The monoisotopic (exact) mass is 221 g/mol. The molecule has 1 aliphatic carbocycles. The zero-order valence-corrected chi connectivity index (χ0v) is 8.35. The molecular weight excluding hydrogens is 207 g/mol. The van der Waals surface area contributed by atoms with Crippen LogP contribution in [-0.4, -0.2) is 47.3 Å². The first-order chi connectivity index (χ1) is 6.93. The van der Waals surface area contributed by atoms with Crippen LogP contribution in [0.2, 0.25) is 0 Å². The fraction of sp³-hybridized carbons (Fsp3) is 1.00. The number of aliphatic hydroxyl groups excluding tert-OH is 1. The van der Waals surface area contributed by atoms with Crippen LogP contribution in [-0.2, 0) is 0 Å². The van der Waals surface area contributed by atoms with Gasteiger partial charge in [-0.1, -0.05) is 0 Å². The molecule has 3 aliphatic rings. The van der Waals surface area contributed by atoms with Gasteiger partial charge in [0, 0.05) is 31.5 Å². The van der Waals surface area contributed by atoms with Crippen LogP contribution in [0.5, 0.6) is 0 Å². The van der Waals surface area contributed by atoms with Crippen molar-refractivity contribution in [3.8, 4) is 0 Å². The van der Waals surface area contributed by atoms with Crippen LogP contribution in [0.1, 0.15) is 19.3 Å². The third kappa shape index (κ3) is 1.08. The van der Waals surface area contributed by atoms with Gasteiger partial charge in [-0.3, -0.25) is 4.90 Å². The molecule has 1 N–H and O–H groups in total. The summed E-state index contributed by atoms with van der Waals surface area (Å²) in [7, 11) is 0. The lowest BCUT2D eigenvalue weighted by Gasteiger charge is -2.28. The van der Waals surface area contributed by atoms with E-state index in [1.807, 2.05) is 0 Å². The van der Waals surface area contributed by atoms with E-state index in [0.717, 1.165) is 0 Å². The number of hydrogen-bond acceptors (Lipinski definition) is 2. The van der Waals surface area contributed by atoms with E-state index in [0.29, 0.717) is 0 Å². The van der Waals surface area contributed by atoms with E-state index < -0.39 is 23.0 Å². The van der Waals surface area contributed by atoms with E-state index in [1.54, 1.807) is 4.90 Å². The first-order valence-corrected chi connectivity index (χ1v) is 5.31. The minimum Gasteiger partial charge on any atom is -0.394 e. The van der Waals surface area contributed by atoms with Crippen molar-refractivity contribution in [2.45, 2.75) is 36.9 Å². The molecule has 5 heteroatoms. The highest BCUT2D eigenvalue weighted by atomic mass is 19.3. The smallest absolute Gasteiger partial charge is 0.255 e. The first kappa shape index (κ1) is 9.90. The highest BCUT2D eigenvalue weighted by Crippen LogP contribution is 2.69. The summed E-state index contributed by atoms with van der Waals surface area (Å²) in [5, 5.41) is 9.32. The molecule has 0 aromatic rings. The second-order valence-corrected chi connectivity index (χ2v) is 5.40. The van der Waals surface area contributed by atoms with Crippen LogP contribution in [0.4, 0.5) is 13.2 Å². The maximum Gasteiger partial charge on any atom is 0.255 e. The normalized spacial score (nSPS) is 52.4. The second kappa shape index (κ2) is 2.51. The van der Waals surface area contributed by atoms with Crippen LogP contribution in [0.25, 0.3) is 0 Å². The molecule has 3 rings (SSSR count). The van der Waals surface area contributed by atoms with E-state index in [-0.39, 0.29) is 39.0 Å². The molecule has 2 aliphatic heterocycles. The standard InChI is InChI=1S/C10H14F3NO/c11-7-1-9(6-15)3-8(4-10(8,12)13)5-14(9)2-7/h7,15H,1-6H2/t7-,8-,9+/m0/s1. The number of rotatable bonds is 1. The quantitative estimate of drug-likeness (QED) is 0.719. The molecule has 0 aromatic heterocycles. The van der Waals surface area contributed by atoms with Gasteiger partial charge in [0.15, 0.2) is 0 Å². The SMILES string of the molecule is OC[C@]12C[C@H](F)CN1C[C@@]1(CC1(F)F)C2. The van der Waals surface area contributed by atoms with Crippen molar-refractivity contribution >= 4 is 0 Å². The summed E-state index contributed by atoms with van der Waals surface area (Å²) in [5.74, 6) is -2.59. The summed E-state index contributed by atoms with van der Waals surface area (Å²) in [6.07, 6.45) is -0.595. The topological polar surface area (TPSA) is 23.5 Å². The average Bonchev–Trinajstić information content (AvgIpc) is 2.38. The van der Waals surface area contributed by atoms with E-state index in [1.165, 1.54) is 0 Å². The van der Waals surface area contributed by atoms with Crippen molar-refractivity contribution in [1.82, 2.24) is 4.90 Å². The Morgan fingerprint density at radius 1 is 1.33 bits per heavy atom. The van der Waals surface area contributed by atoms with E-state index in [2.05, 4.69) is 0 Å². The van der Waals surface area contributed by atoms with E-state index >= 15 is 0 Å². The number of fused-ring (bicyclic) bond motifs is 1. The zero-order valence-electron chi connectivity index (χ0n) is 8.35. The first-order valence-electron chi connectivity index (χ1n) is 5.31. The molecule has 1 saturated carbocycles. The van der Waals surface area contributed by atoms with Gasteiger partial charge < -0.3 is 5.11 Å². The lowest BCUT2D eigenvalue weighted by Crippen LogP contribution is -2.41. The molecule has 0 radical (unpaired) electrons. The third-order valence-corrected chi connectivity index (χ3v) is 4.36. The van der Waals surface area contributed by atoms with Gasteiger partial charge in [0.25, 0.3) is 5.92 Å². The van der Waals surface area contributed by atoms with Gasteiger partial charge in [0.1, 0.15) is 6.17 Å². The van der Waals surface area contributed by atoms with Gasteiger partial charge in [-0.15, -0.1) is 0 Å². The summed E-state index contributed by atoms with van der Waals surface area (Å²) in [5.41, 5.74) is -1.64. The molecule has 0 aromatic carbocycles. The zero-order chi connectivity index (χ0) is 10.9. The minimum absolute atomic E-state index is 0.0881. The van der Waals surface area contributed by atoms with Crippen molar-refractivity contribution in [2.75, 3.05) is 19.7 Å². The van der Waals surface area contributed by atoms with Crippen LogP contribution < -0.4 is 0 Å². The molecular formula is C10H14F3NO. The fourth-order valence-corrected chi connectivity index (χ4v) is 3.47. The highest BCUT2D eigenvalue weighted by molar-refractivity contribution is 5.22. The Kier molecular flexibility index (Phi) is 1.66. The van der Waals surface area contributed by atoms with Crippen molar-refractivity contribution in [2.24, 2.45) is 5.41 Å². The number of aliphatic hydroxyl groups is 1. The second-order valence-electron chi connectivity index (χ2n) is 5.40. The van der Waals surface area contributed by atoms with Gasteiger partial charge in [0.05, 0.1) is 12.0 Å². The molecule has 3 atom stereocenters. The summed E-state index contributed by atoms with van der Waals surface area (Å²) in [6.45, 7) is 0.255. The molecule has 86 valence electrons. The maximum atomic E-state index is 13.2. The molecule has 3 fully saturated rings. The Morgan fingerprint density at radius 3 is 2.47 bits per heavy atom. The Bertz CT molecular complexity index is 311. The predicted octanol–water partition coefficient (Wildman–Crippen LogP) is 1.19. The van der Waals surface area contributed by atoms with Crippen molar-refractivity contribution in [3.63, 3.8) is 0 Å². The van der Waals surface area contributed by atoms with Crippen molar-refractivity contribution in [1.29, 1.82) is 0 Å². The summed E-state index contributed by atoms with van der Waals surface area (Å²) in [4.78, 5) is 1.73. The highest BCUT2D eigenvalue weighted by Gasteiger charge is 2.77. The van der Waals surface area contributed by atoms with Gasteiger partial charge in [0.2, 0.25) is 0 Å². The average molecular weight is 221 g/mol. The van der Waals surface area contributed by atoms with Gasteiger partial charge in [-0.2, -0.15) is 0 Å². The lowest BCUT2D eigenvalue weighted by molar-refractivity contribution is 0.0630. The van der Waals surface area contributed by atoms with Gasteiger partial charge >= 0.3 is 0 Å².